The first-order chi connectivity index (χ1) is 48.2. The van der Waals surface area contributed by atoms with Gasteiger partial charge >= 0.3 is 39.5 Å². The lowest BCUT2D eigenvalue weighted by molar-refractivity contribution is -0.161. The highest BCUT2D eigenvalue weighted by Gasteiger charge is 2.30. The first-order valence-electron chi connectivity index (χ1n) is 41.8. The SMILES string of the molecule is CCCCCCCCCCCCCCCCCCCC(=O)O[C@H](COC(=O)CCCCCCCCCCCCCCCCCC)COP(=O)(O)OC[C@@H](O)COP(=O)(O)OC[C@@H](COC(=O)CCCCCCCCCCCCC)OC(=O)CCCCCCCCCCCCCCCCC. The van der Waals surface area contributed by atoms with E-state index in [1.807, 2.05) is 0 Å². The second-order valence-corrected chi connectivity index (χ2v) is 31.7. The molecule has 0 aromatic carbocycles. The second-order valence-electron chi connectivity index (χ2n) is 28.8. The average Bonchev–Trinajstić information content (AvgIpc) is 1.01. The zero-order valence-electron chi connectivity index (χ0n) is 64.5. The molecule has 0 aliphatic heterocycles. The van der Waals surface area contributed by atoms with Gasteiger partial charge in [0.25, 0.3) is 0 Å². The molecular weight excluding hydrogens is 1290 g/mol. The van der Waals surface area contributed by atoms with Gasteiger partial charge in [0.2, 0.25) is 0 Å². The van der Waals surface area contributed by atoms with Gasteiger partial charge in [-0.25, -0.2) is 9.13 Å². The van der Waals surface area contributed by atoms with Crippen LogP contribution in [0.2, 0.25) is 0 Å². The topological polar surface area (TPSA) is 237 Å². The average molecular weight is 1450 g/mol. The number of esters is 4. The number of aliphatic hydroxyl groups excluding tert-OH is 1. The lowest BCUT2D eigenvalue weighted by Crippen LogP contribution is -2.30. The minimum atomic E-state index is -4.96. The predicted molar refractivity (Wildman–Crippen MR) is 405 cm³/mol. The van der Waals surface area contributed by atoms with E-state index in [4.69, 9.17) is 37.0 Å². The minimum Gasteiger partial charge on any atom is -0.462 e. The van der Waals surface area contributed by atoms with Crippen molar-refractivity contribution in [2.24, 2.45) is 0 Å². The molecule has 588 valence electrons. The Morgan fingerprint density at radius 1 is 0.242 bits per heavy atom. The fourth-order valence-corrected chi connectivity index (χ4v) is 14.0. The van der Waals surface area contributed by atoms with Crippen molar-refractivity contribution in [3.8, 4) is 0 Å². The minimum absolute atomic E-state index is 0.109. The van der Waals surface area contributed by atoms with Gasteiger partial charge in [-0.15, -0.1) is 0 Å². The van der Waals surface area contributed by atoms with Gasteiger partial charge in [-0.1, -0.05) is 381 Å². The Balaban J connectivity index is 5.25. The van der Waals surface area contributed by atoms with Crippen LogP contribution in [0.15, 0.2) is 0 Å². The molecule has 0 bridgehead atoms. The maximum atomic E-state index is 13.1. The van der Waals surface area contributed by atoms with Crippen molar-refractivity contribution in [3.05, 3.63) is 0 Å². The van der Waals surface area contributed by atoms with Crippen molar-refractivity contribution in [1.82, 2.24) is 0 Å². The molecule has 0 aromatic heterocycles. The van der Waals surface area contributed by atoms with Gasteiger partial charge in [0.1, 0.15) is 19.3 Å². The summed E-state index contributed by atoms with van der Waals surface area (Å²) in [4.78, 5) is 73.0. The Hall–Kier alpha value is -1.94. The number of ether oxygens (including phenoxy) is 4. The van der Waals surface area contributed by atoms with E-state index in [2.05, 4.69) is 27.7 Å². The first kappa shape index (κ1) is 97.1. The van der Waals surface area contributed by atoms with Crippen LogP contribution in [0.1, 0.15) is 432 Å². The maximum Gasteiger partial charge on any atom is 0.472 e. The molecule has 0 rings (SSSR count). The zero-order chi connectivity index (χ0) is 72.5. The van der Waals surface area contributed by atoms with E-state index in [-0.39, 0.29) is 25.7 Å². The normalized spacial score (nSPS) is 13.8. The van der Waals surface area contributed by atoms with Crippen LogP contribution < -0.4 is 0 Å². The molecule has 17 nitrogen and oxygen atoms in total. The van der Waals surface area contributed by atoms with Crippen molar-refractivity contribution in [1.29, 1.82) is 0 Å². The van der Waals surface area contributed by atoms with Gasteiger partial charge < -0.3 is 33.8 Å². The third-order valence-electron chi connectivity index (χ3n) is 18.9. The summed E-state index contributed by atoms with van der Waals surface area (Å²) in [5.74, 6) is -2.10. The molecular formula is C80H156O17P2. The number of hydrogen-bond donors (Lipinski definition) is 3. The third-order valence-corrected chi connectivity index (χ3v) is 20.8. The van der Waals surface area contributed by atoms with Gasteiger partial charge in [-0.05, 0) is 25.7 Å². The molecule has 0 saturated heterocycles. The Bertz CT molecular complexity index is 1880. The molecule has 2 unspecified atom stereocenters. The van der Waals surface area contributed by atoms with Crippen LogP contribution >= 0.6 is 15.6 Å². The zero-order valence-corrected chi connectivity index (χ0v) is 66.3. The van der Waals surface area contributed by atoms with E-state index in [0.717, 1.165) is 89.9 Å². The molecule has 0 aromatic rings. The van der Waals surface area contributed by atoms with E-state index in [1.165, 1.54) is 263 Å². The van der Waals surface area contributed by atoms with Crippen molar-refractivity contribution in [2.75, 3.05) is 39.6 Å². The fraction of sp³-hybridized carbons (Fsp3) is 0.950. The van der Waals surface area contributed by atoms with Gasteiger partial charge in [-0.2, -0.15) is 0 Å². The van der Waals surface area contributed by atoms with Gasteiger partial charge in [0, 0.05) is 25.7 Å². The van der Waals surface area contributed by atoms with Gasteiger partial charge in [0.05, 0.1) is 26.4 Å². The number of unbranched alkanes of at least 4 members (excludes halogenated alkanes) is 55. The summed E-state index contributed by atoms with van der Waals surface area (Å²) in [6.45, 7) is 5.03. The molecule has 19 heteroatoms. The number of carbonyl (C=O) groups is 4. The van der Waals surface area contributed by atoms with Crippen LogP contribution in [-0.4, -0.2) is 96.7 Å². The van der Waals surface area contributed by atoms with E-state index in [9.17, 15) is 43.2 Å². The van der Waals surface area contributed by atoms with Crippen molar-refractivity contribution < 1.29 is 80.2 Å². The Labute approximate surface area is 607 Å². The summed E-state index contributed by atoms with van der Waals surface area (Å²) in [6.07, 6.45) is 66.4. The van der Waals surface area contributed by atoms with E-state index < -0.39 is 97.5 Å². The second kappa shape index (κ2) is 74.3. The monoisotopic (exact) mass is 1450 g/mol. The van der Waals surface area contributed by atoms with Crippen LogP contribution in [0.3, 0.4) is 0 Å². The van der Waals surface area contributed by atoms with Crippen molar-refractivity contribution >= 4 is 39.5 Å². The molecule has 0 amide bonds. The standard InChI is InChI=1S/C80H156O17P2/c1-5-9-13-17-21-25-29-32-35-37-40-43-47-51-55-59-63-67-80(85)97-76(71-91-78(83)65-61-57-53-49-45-41-39-36-33-30-26-22-18-14-10-6-2)73-95-99(88,89)93-69-74(81)68-92-98(86,87)94-72-75(70-90-77(82)64-60-56-52-48-44-28-24-20-16-12-8-4)96-79(84)66-62-58-54-50-46-42-38-34-31-27-23-19-15-11-7-3/h74-76,81H,5-73H2,1-4H3,(H,86,87)(H,88,89)/t74-,75+,76+/m0/s1. The molecule has 0 aliphatic carbocycles. The number of hydrogen-bond acceptors (Lipinski definition) is 15. The molecule has 0 fully saturated rings. The Morgan fingerprint density at radius 3 is 0.596 bits per heavy atom. The molecule has 0 spiro atoms. The summed E-state index contributed by atoms with van der Waals surface area (Å²) >= 11 is 0. The van der Waals surface area contributed by atoms with E-state index >= 15 is 0 Å². The number of carbonyl (C=O) groups excluding carboxylic acids is 4. The van der Waals surface area contributed by atoms with Gasteiger partial charge in [-0.3, -0.25) is 37.3 Å². The highest BCUT2D eigenvalue weighted by molar-refractivity contribution is 7.47. The van der Waals surface area contributed by atoms with Crippen LogP contribution in [-0.2, 0) is 65.4 Å². The molecule has 99 heavy (non-hydrogen) atoms. The number of phosphoric acid groups is 2. The van der Waals surface area contributed by atoms with E-state index in [0.29, 0.717) is 25.7 Å². The lowest BCUT2D eigenvalue weighted by Gasteiger charge is -2.21. The quantitative estimate of drug-likeness (QED) is 0.0222. The Kier molecular flexibility index (Phi) is 72.9. The highest BCUT2D eigenvalue weighted by atomic mass is 31.2. The Morgan fingerprint density at radius 2 is 0.404 bits per heavy atom. The summed E-state index contributed by atoms with van der Waals surface area (Å²) in [7, 11) is -9.92. The van der Waals surface area contributed by atoms with Crippen LogP contribution in [0.4, 0.5) is 0 Å². The smallest absolute Gasteiger partial charge is 0.462 e. The third kappa shape index (κ3) is 74.1. The van der Waals surface area contributed by atoms with E-state index in [1.54, 1.807) is 0 Å². The summed E-state index contributed by atoms with van der Waals surface area (Å²) in [5.41, 5.74) is 0. The summed E-state index contributed by atoms with van der Waals surface area (Å²) in [5, 5.41) is 10.6. The molecule has 3 N–H and O–H groups in total. The number of aliphatic hydroxyl groups is 1. The lowest BCUT2D eigenvalue weighted by atomic mass is 10.0. The number of phosphoric ester groups is 2. The summed E-state index contributed by atoms with van der Waals surface area (Å²) in [6, 6.07) is 0. The first-order valence-corrected chi connectivity index (χ1v) is 44.8. The van der Waals surface area contributed by atoms with Crippen LogP contribution in [0.5, 0.6) is 0 Å². The molecule has 0 radical (unpaired) electrons. The highest BCUT2D eigenvalue weighted by Crippen LogP contribution is 2.45. The van der Waals surface area contributed by atoms with Crippen LogP contribution in [0.25, 0.3) is 0 Å². The van der Waals surface area contributed by atoms with Crippen molar-refractivity contribution in [2.45, 2.75) is 451 Å². The molecule has 5 atom stereocenters. The van der Waals surface area contributed by atoms with Crippen molar-refractivity contribution in [3.63, 3.8) is 0 Å². The molecule has 0 aliphatic rings. The predicted octanol–water partition coefficient (Wildman–Crippen LogP) is 24.2. The number of rotatable bonds is 81. The molecule has 0 saturated carbocycles. The summed E-state index contributed by atoms with van der Waals surface area (Å²) < 4.78 is 68.7. The van der Waals surface area contributed by atoms with Crippen LogP contribution in [0, 0.1) is 0 Å². The van der Waals surface area contributed by atoms with Gasteiger partial charge in [0.15, 0.2) is 12.2 Å². The fourth-order valence-electron chi connectivity index (χ4n) is 12.5. The largest absolute Gasteiger partial charge is 0.472 e. The molecule has 0 heterocycles. The maximum absolute atomic E-state index is 13.1.